The number of carbonyl (C=O) groups excluding carboxylic acids is 1. The van der Waals surface area contributed by atoms with Gasteiger partial charge in [-0.3, -0.25) is 14.9 Å². The molecule has 0 aromatic heterocycles. The number of fused-ring (bicyclic) bond motifs is 3. The maximum absolute atomic E-state index is 12.0. The molecule has 1 amide bonds. The fourth-order valence-electron chi connectivity index (χ4n) is 4.09. The summed E-state index contributed by atoms with van der Waals surface area (Å²) < 4.78 is 0. The van der Waals surface area contributed by atoms with Gasteiger partial charge in [0, 0.05) is 35.3 Å². The lowest BCUT2D eigenvalue weighted by Crippen LogP contribution is -2.29. The number of nitrogens with one attached hydrogen (secondary N) is 2. The summed E-state index contributed by atoms with van der Waals surface area (Å²) >= 11 is 0. The average molecular weight is 377 g/mol. The van der Waals surface area contributed by atoms with Crippen LogP contribution in [0.4, 0.5) is 17.1 Å². The van der Waals surface area contributed by atoms with E-state index in [1.807, 2.05) is 38.1 Å². The minimum Gasteiger partial charge on any atom is -0.378 e. The molecule has 0 spiro atoms. The van der Waals surface area contributed by atoms with E-state index in [9.17, 15) is 14.9 Å². The molecule has 4 rings (SSSR count). The van der Waals surface area contributed by atoms with Gasteiger partial charge in [0.1, 0.15) is 0 Å². The molecule has 6 heteroatoms. The molecule has 0 saturated heterocycles. The number of anilines is 2. The first-order chi connectivity index (χ1) is 13.4. The van der Waals surface area contributed by atoms with E-state index in [1.54, 1.807) is 12.1 Å². The molecule has 0 fully saturated rings. The van der Waals surface area contributed by atoms with Gasteiger partial charge in [-0.05, 0) is 41.7 Å². The summed E-state index contributed by atoms with van der Waals surface area (Å²) in [6.45, 7) is 3.75. The van der Waals surface area contributed by atoms with Crippen LogP contribution in [0.1, 0.15) is 43.4 Å². The Morgan fingerprint density at radius 2 is 1.96 bits per heavy atom. The summed E-state index contributed by atoms with van der Waals surface area (Å²) in [5.74, 6) is 0.531. The van der Waals surface area contributed by atoms with Crippen LogP contribution in [0, 0.1) is 22.0 Å². The summed E-state index contributed by atoms with van der Waals surface area (Å²) in [4.78, 5) is 22.6. The van der Waals surface area contributed by atoms with Crippen LogP contribution < -0.4 is 10.6 Å². The highest BCUT2D eigenvalue weighted by molar-refractivity contribution is 5.92. The van der Waals surface area contributed by atoms with E-state index in [2.05, 4.69) is 28.9 Å². The number of nitro benzene ring substituents is 1. The minimum atomic E-state index is -0.375. The number of non-ortho nitro benzene ring substituents is 1. The molecule has 28 heavy (non-hydrogen) atoms. The van der Waals surface area contributed by atoms with Crippen LogP contribution in [-0.4, -0.2) is 10.8 Å². The lowest BCUT2D eigenvalue weighted by Gasteiger charge is -2.37. The summed E-state index contributed by atoms with van der Waals surface area (Å²) in [7, 11) is 0. The SMILES string of the molecule is CC(C)C(=O)Nc1ccc2c(c1)C1C=CCC1C(c1ccc([N+](=O)[O-])cc1)N2. The third kappa shape index (κ3) is 3.26. The lowest BCUT2D eigenvalue weighted by atomic mass is 9.77. The number of allylic oxidation sites excluding steroid dienone is 2. The van der Waals surface area contributed by atoms with E-state index < -0.39 is 0 Å². The van der Waals surface area contributed by atoms with Crippen LogP contribution in [0.15, 0.2) is 54.6 Å². The van der Waals surface area contributed by atoms with Crippen LogP contribution in [0.3, 0.4) is 0 Å². The van der Waals surface area contributed by atoms with E-state index in [-0.39, 0.29) is 34.4 Å². The van der Waals surface area contributed by atoms with Crippen molar-refractivity contribution in [2.24, 2.45) is 11.8 Å². The van der Waals surface area contributed by atoms with E-state index >= 15 is 0 Å². The maximum atomic E-state index is 12.0. The zero-order chi connectivity index (χ0) is 19.8. The number of carbonyl (C=O) groups is 1. The predicted molar refractivity (Wildman–Crippen MR) is 109 cm³/mol. The van der Waals surface area contributed by atoms with Crippen molar-refractivity contribution in [2.75, 3.05) is 10.6 Å². The smallest absolute Gasteiger partial charge is 0.269 e. The summed E-state index contributed by atoms with van der Waals surface area (Å²) in [6.07, 6.45) is 5.38. The van der Waals surface area contributed by atoms with Gasteiger partial charge >= 0.3 is 0 Å². The topological polar surface area (TPSA) is 84.3 Å². The van der Waals surface area contributed by atoms with Crippen LogP contribution in [0.5, 0.6) is 0 Å². The van der Waals surface area contributed by atoms with Gasteiger partial charge in [-0.1, -0.05) is 38.1 Å². The Morgan fingerprint density at radius 1 is 1.21 bits per heavy atom. The maximum Gasteiger partial charge on any atom is 0.269 e. The van der Waals surface area contributed by atoms with Crippen LogP contribution in [0.2, 0.25) is 0 Å². The monoisotopic (exact) mass is 377 g/mol. The van der Waals surface area contributed by atoms with E-state index in [4.69, 9.17) is 0 Å². The highest BCUT2D eigenvalue weighted by Gasteiger charge is 2.38. The van der Waals surface area contributed by atoms with Gasteiger partial charge in [0.2, 0.25) is 5.91 Å². The number of nitrogens with zero attached hydrogens (tertiary/aromatic N) is 1. The van der Waals surface area contributed by atoms with Gasteiger partial charge in [0.15, 0.2) is 0 Å². The lowest BCUT2D eigenvalue weighted by molar-refractivity contribution is -0.384. The Morgan fingerprint density at radius 3 is 2.64 bits per heavy atom. The second-order valence-corrected chi connectivity index (χ2v) is 7.77. The quantitative estimate of drug-likeness (QED) is 0.445. The van der Waals surface area contributed by atoms with Crippen molar-refractivity contribution in [3.8, 4) is 0 Å². The number of amides is 1. The third-order valence-corrected chi connectivity index (χ3v) is 5.62. The van der Waals surface area contributed by atoms with E-state index in [0.717, 1.165) is 23.4 Å². The third-order valence-electron chi connectivity index (χ3n) is 5.62. The number of nitro groups is 1. The molecular formula is C22H23N3O3. The molecule has 0 radical (unpaired) electrons. The second kappa shape index (κ2) is 7.11. The van der Waals surface area contributed by atoms with Crippen molar-refractivity contribution in [1.29, 1.82) is 0 Å². The van der Waals surface area contributed by atoms with Crippen molar-refractivity contribution in [1.82, 2.24) is 0 Å². The molecule has 2 N–H and O–H groups in total. The van der Waals surface area contributed by atoms with Gasteiger partial charge in [-0.15, -0.1) is 0 Å². The Bertz CT molecular complexity index is 950. The van der Waals surface area contributed by atoms with Crippen LogP contribution >= 0.6 is 0 Å². The van der Waals surface area contributed by atoms with Crippen molar-refractivity contribution in [3.05, 3.63) is 75.9 Å². The molecule has 1 aliphatic heterocycles. The first-order valence-electron chi connectivity index (χ1n) is 9.56. The highest BCUT2D eigenvalue weighted by Crippen LogP contribution is 2.50. The Hall–Kier alpha value is -3.15. The van der Waals surface area contributed by atoms with Crippen molar-refractivity contribution < 1.29 is 9.72 Å². The number of rotatable bonds is 4. The zero-order valence-corrected chi connectivity index (χ0v) is 15.9. The summed E-state index contributed by atoms with van der Waals surface area (Å²) in [6, 6.07) is 12.9. The van der Waals surface area contributed by atoms with E-state index in [1.165, 1.54) is 5.56 Å². The van der Waals surface area contributed by atoms with Crippen molar-refractivity contribution in [3.63, 3.8) is 0 Å². The van der Waals surface area contributed by atoms with Gasteiger partial charge in [0.05, 0.1) is 11.0 Å². The Balaban J connectivity index is 1.64. The Labute approximate surface area is 163 Å². The van der Waals surface area contributed by atoms with E-state index in [0.29, 0.717) is 5.92 Å². The molecule has 1 aliphatic carbocycles. The molecule has 2 aromatic carbocycles. The fraction of sp³-hybridized carbons (Fsp3) is 0.318. The predicted octanol–water partition coefficient (Wildman–Crippen LogP) is 5.02. The molecular weight excluding hydrogens is 354 g/mol. The van der Waals surface area contributed by atoms with Gasteiger partial charge < -0.3 is 10.6 Å². The molecule has 3 unspecified atom stereocenters. The minimum absolute atomic E-state index is 0.00555. The van der Waals surface area contributed by atoms with Crippen molar-refractivity contribution in [2.45, 2.75) is 32.2 Å². The molecule has 2 aliphatic rings. The van der Waals surface area contributed by atoms with Gasteiger partial charge in [0.25, 0.3) is 5.69 Å². The van der Waals surface area contributed by atoms with Gasteiger partial charge in [-0.25, -0.2) is 0 Å². The number of hydrogen-bond acceptors (Lipinski definition) is 4. The molecule has 1 heterocycles. The Kier molecular flexibility index (Phi) is 4.63. The van der Waals surface area contributed by atoms with Crippen molar-refractivity contribution >= 4 is 23.0 Å². The molecule has 6 nitrogen and oxygen atoms in total. The molecule has 0 saturated carbocycles. The zero-order valence-electron chi connectivity index (χ0n) is 15.9. The summed E-state index contributed by atoms with van der Waals surface area (Å²) in [5, 5.41) is 17.5. The average Bonchev–Trinajstić information content (AvgIpc) is 3.17. The van der Waals surface area contributed by atoms with Gasteiger partial charge in [-0.2, -0.15) is 0 Å². The number of benzene rings is 2. The largest absolute Gasteiger partial charge is 0.378 e. The van der Waals surface area contributed by atoms with Crippen LogP contribution in [-0.2, 0) is 4.79 Å². The fourth-order valence-corrected chi connectivity index (χ4v) is 4.09. The second-order valence-electron chi connectivity index (χ2n) is 7.77. The molecule has 0 bridgehead atoms. The normalized spacial score (nSPS) is 22.3. The van der Waals surface area contributed by atoms with Crippen LogP contribution in [0.25, 0.3) is 0 Å². The summed E-state index contributed by atoms with van der Waals surface area (Å²) in [5.41, 5.74) is 4.18. The standard InChI is InChI=1S/C22H23N3O3/c1-13(2)22(26)23-15-8-11-20-19(12-15)17-4-3-5-18(17)21(24-20)14-6-9-16(10-7-14)25(27)28/h3-4,6-13,17-18,21,24H,5H2,1-2H3,(H,23,26). The number of hydrogen-bond donors (Lipinski definition) is 2. The first-order valence-corrected chi connectivity index (χ1v) is 9.56. The first kappa shape index (κ1) is 18.2. The molecule has 144 valence electrons. The highest BCUT2D eigenvalue weighted by atomic mass is 16.6. The molecule has 3 atom stereocenters. The molecule has 2 aromatic rings.